The van der Waals surface area contributed by atoms with Gasteiger partial charge in [0.05, 0.1) is 16.2 Å². The van der Waals surface area contributed by atoms with Crippen LogP contribution in [0.5, 0.6) is 0 Å². The summed E-state index contributed by atoms with van der Waals surface area (Å²) in [4.78, 5) is 31.7. The van der Waals surface area contributed by atoms with Crippen molar-refractivity contribution in [2.24, 2.45) is 0 Å². The summed E-state index contributed by atoms with van der Waals surface area (Å²) in [5, 5.41) is 3.21. The van der Waals surface area contributed by atoms with E-state index < -0.39 is 5.91 Å². The lowest BCUT2D eigenvalue weighted by Crippen LogP contribution is -2.29. The lowest BCUT2D eigenvalue weighted by Gasteiger charge is -2.13. The van der Waals surface area contributed by atoms with Gasteiger partial charge in [-0.15, -0.1) is 0 Å². The van der Waals surface area contributed by atoms with Gasteiger partial charge in [0.15, 0.2) is 5.69 Å². The molecule has 132 valence electrons. The number of nitrogens with one attached hydrogen (secondary N) is 1. The molecule has 0 saturated carbocycles. The van der Waals surface area contributed by atoms with Gasteiger partial charge in [0.25, 0.3) is 11.8 Å². The fraction of sp³-hybridized carbons (Fsp3) is 0.211. The summed E-state index contributed by atoms with van der Waals surface area (Å²) in [6, 6.07) is 12.4. The Morgan fingerprint density at radius 3 is 2.54 bits per heavy atom. The first-order chi connectivity index (χ1) is 12.6. The minimum absolute atomic E-state index is 0.152. The Kier molecular flexibility index (Phi) is 4.34. The van der Waals surface area contributed by atoms with Gasteiger partial charge in [-0.25, -0.2) is 4.98 Å². The summed E-state index contributed by atoms with van der Waals surface area (Å²) in [5.41, 5.74) is 1.29. The topological polar surface area (TPSA) is 66.7 Å². The first-order valence-corrected chi connectivity index (χ1v) is 8.85. The van der Waals surface area contributed by atoms with Gasteiger partial charge in [0.2, 0.25) is 5.82 Å². The number of aromatic nitrogens is 2. The molecule has 0 bridgehead atoms. The van der Waals surface area contributed by atoms with E-state index in [2.05, 4.69) is 10.3 Å². The number of likely N-dealkylation sites (tertiary alicyclic amines) is 1. The van der Waals surface area contributed by atoms with Crippen molar-refractivity contribution in [3.05, 3.63) is 65.2 Å². The molecule has 7 heteroatoms. The van der Waals surface area contributed by atoms with Crippen molar-refractivity contribution in [3.8, 4) is 0 Å². The molecule has 4 rings (SSSR count). The summed E-state index contributed by atoms with van der Waals surface area (Å²) in [5.74, 6) is -0.297. The quantitative estimate of drug-likeness (QED) is 0.769. The van der Waals surface area contributed by atoms with Gasteiger partial charge in [-0.1, -0.05) is 29.8 Å². The van der Waals surface area contributed by atoms with Crippen molar-refractivity contribution in [1.29, 1.82) is 0 Å². The Labute approximate surface area is 155 Å². The molecule has 0 unspecified atom stereocenters. The summed E-state index contributed by atoms with van der Waals surface area (Å²) in [7, 11) is 0. The van der Waals surface area contributed by atoms with Crippen LogP contribution in [0.25, 0.3) is 5.52 Å². The first kappa shape index (κ1) is 16.6. The number of nitrogens with zero attached hydrogens (tertiary/aromatic N) is 3. The number of imidazole rings is 1. The van der Waals surface area contributed by atoms with E-state index in [1.54, 1.807) is 45.8 Å². The fourth-order valence-corrected chi connectivity index (χ4v) is 3.34. The van der Waals surface area contributed by atoms with Crippen molar-refractivity contribution in [2.45, 2.75) is 12.8 Å². The molecule has 3 aromatic rings. The van der Waals surface area contributed by atoms with E-state index in [-0.39, 0.29) is 17.4 Å². The number of amides is 2. The predicted molar refractivity (Wildman–Crippen MR) is 99.7 cm³/mol. The maximum absolute atomic E-state index is 12.8. The molecular weight excluding hydrogens is 352 g/mol. The van der Waals surface area contributed by atoms with Crippen molar-refractivity contribution in [1.82, 2.24) is 14.3 Å². The molecular formula is C19H17ClN4O2. The SMILES string of the molecule is O=C(Nc1ccccc1Cl)c1nc(C(=O)N2CCCC2)n2ccccc12. The molecule has 2 aromatic heterocycles. The Bertz CT molecular complexity index is 992. The minimum atomic E-state index is -0.401. The number of halogens is 1. The highest BCUT2D eigenvalue weighted by atomic mass is 35.5. The van der Waals surface area contributed by atoms with Crippen LogP contribution < -0.4 is 5.32 Å². The molecule has 1 N–H and O–H groups in total. The molecule has 2 amide bonds. The van der Waals surface area contributed by atoms with Gasteiger partial charge >= 0.3 is 0 Å². The van der Waals surface area contributed by atoms with Crippen LogP contribution in [-0.2, 0) is 0 Å². The number of para-hydroxylation sites is 1. The molecule has 3 heterocycles. The van der Waals surface area contributed by atoms with E-state index in [0.29, 0.717) is 16.2 Å². The molecule has 0 aliphatic carbocycles. The summed E-state index contributed by atoms with van der Waals surface area (Å²) in [6.45, 7) is 1.45. The van der Waals surface area contributed by atoms with Gasteiger partial charge in [0, 0.05) is 19.3 Å². The number of carbonyl (C=O) groups excluding carboxylic acids is 2. The predicted octanol–water partition coefficient (Wildman–Crippen LogP) is 3.48. The number of carbonyl (C=O) groups is 2. The van der Waals surface area contributed by atoms with Crippen LogP contribution in [0.1, 0.15) is 33.9 Å². The summed E-state index contributed by atoms with van der Waals surface area (Å²) in [6.07, 6.45) is 3.74. The zero-order valence-electron chi connectivity index (χ0n) is 14.0. The molecule has 1 aromatic carbocycles. The molecule has 1 aliphatic rings. The van der Waals surface area contributed by atoms with Crippen LogP contribution in [0, 0.1) is 0 Å². The van der Waals surface area contributed by atoms with Crippen LogP contribution >= 0.6 is 11.6 Å². The van der Waals surface area contributed by atoms with Gasteiger partial charge in [-0.05, 0) is 37.1 Å². The largest absolute Gasteiger partial charge is 0.336 e. The van der Waals surface area contributed by atoms with E-state index >= 15 is 0 Å². The van der Waals surface area contributed by atoms with Gasteiger partial charge in [0.1, 0.15) is 0 Å². The standard InChI is InChI=1S/C19H17ClN4O2/c20-13-7-1-2-8-14(13)21-18(25)16-15-9-3-4-12-24(15)17(22-16)19(26)23-10-5-6-11-23/h1-4,7-9,12H,5-6,10-11H2,(H,21,25). The number of hydrogen-bond donors (Lipinski definition) is 1. The Balaban J connectivity index is 1.72. The summed E-state index contributed by atoms with van der Waals surface area (Å²) >= 11 is 6.11. The maximum atomic E-state index is 12.8. The van der Waals surface area contributed by atoms with Gasteiger partial charge in [-0.3, -0.25) is 14.0 Å². The highest BCUT2D eigenvalue weighted by Gasteiger charge is 2.26. The van der Waals surface area contributed by atoms with E-state index in [1.807, 2.05) is 12.1 Å². The number of rotatable bonds is 3. The number of benzene rings is 1. The molecule has 1 aliphatic heterocycles. The third-order valence-electron chi connectivity index (χ3n) is 4.47. The van der Waals surface area contributed by atoms with Crippen LogP contribution in [0.4, 0.5) is 5.69 Å². The maximum Gasteiger partial charge on any atom is 0.290 e. The Morgan fingerprint density at radius 1 is 1.04 bits per heavy atom. The Morgan fingerprint density at radius 2 is 1.77 bits per heavy atom. The number of pyridine rings is 1. The molecule has 26 heavy (non-hydrogen) atoms. The van der Waals surface area contributed by atoms with Crippen molar-refractivity contribution in [2.75, 3.05) is 18.4 Å². The fourth-order valence-electron chi connectivity index (χ4n) is 3.16. The number of fused-ring (bicyclic) bond motifs is 1. The van der Waals surface area contributed by atoms with Gasteiger partial charge in [-0.2, -0.15) is 0 Å². The molecule has 1 saturated heterocycles. The van der Waals surface area contributed by atoms with Crippen LogP contribution in [0.2, 0.25) is 5.02 Å². The van der Waals surface area contributed by atoms with E-state index in [0.717, 1.165) is 25.9 Å². The normalized spacial score (nSPS) is 14.0. The zero-order chi connectivity index (χ0) is 18.1. The van der Waals surface area contributed by atoms with E-state index in [9.17, 15) is 9.59 Å². The molecule has 0 atom stereocenters. The molecule has 0 spiro atoms. The van der Waals surface area contributed by atoms with Crippen LogP contribution in [-0.4, -0.2) is 39.2 Å². The van der Waals surface area contributed by atoms with Crippen molar-refractivity contribution in [3.63, 3.8) is 0 Å². The molecule has 6 nitrogen and oxygen atoms in total. The molecule has 1 fully saturated rings. The minimum Gasteiger partial charge on any atom is -0.336 e. The third-order valence-corrected chi connectivity index (χ3v) is 4.80. The third kappa shape index (κ3) is 2.93. The van der Waals surface area contributed by atoms with E-state index in [1.165, 1.54) is 0 Å². The lowest BCUT2D eigenvalue weighted by atomic mass is 10.3. The highest BCUT2D eigenvalue weighted by molar-refractivity contribution is 6.34. The second-order valence-electron chi connectivity index (χ2n) is 6.17. The van der Waals surface area contributed by atoms with Crippen LogP contribution in [0.15, 0.2) is 48.7 Å². The number of anilines is 1. The average Bonchev–Trinajstić information content (AvgIpc) is 3.31. The second-order valence-corrected chi connectivity index (χ2v) is 6.58. The van der Waals surface area contributed by atoms with E-state index in [4.69, 9.17) is 11.6 Å². The summed E-state index contributed by atoms with van der Waals surface area (Å²) < 4.78 is 1.67. The number of hydrogen-bond acceptors (Lipinski definition) is 3. The van der Waals surface area contributed by atoms with Gasteiger partial charge < -0.3 is 10.2 Å². The highest BCUT2D eigenvalue weighted by Crippen LogP contribution is 2.23. The smallest absolute Gasteiger partial charge is 0.290 e. The Hall–Kier alpha value is -2.86. The lowest BCUT2D eigenvalue weighted by molar-refractivity contribution is 0.0780. The second kappa shape index (κ2) is 6.80. The monoisotopic (exact) mass is 368 g/mol. The van der Waals surface area contributed by atoms with Crippen molar-refractivity contribution < 1.29 is 9.59 Å². The first-order valence-electron chi connectivity index (χ1n) is 8.47. The zero-order valence-corrected chi connectivity index (χ0v) is 14.7. The average molecular weight is 369 g/mol. The van der Waals surface area contributed by atoms with Crippen molar-refractivity contribution >= 4 is 34.6 Å². The van der Waals surface area contributed by atoms with Crippen LogP contribution in [0.3, 0.4) is 0 Å². The molecule has 0 radical (unpaired) electrons.